The van der Waals surface area contributed by atoms with Gasteiger partial charge in [-0.2, -0.15) is 0 Å². The molecule has 0 unspecified atom stereocenters. The Morgan fingerprint density at radius 2 is 1.26 bits per heavy atom. The molecular formula is C53H54N6S2. The molecule has 0 saturated carbocycles. The van der Waals surface area contributed by atoms with E-state index in [9.17, 15) is 0 Å². The van der Waals surface area contributed by atoms with Crippen LogP contribution < -0.4 is 19.6 Å². The third-order valence-corrected chi connectivity index (χ3v) is 12.2. The van der Waals surface area contributed by atoms with Gasteiger partial charge in [0.1, 0.15) is 5.01 Å². The van der Waals surface area contributed by atoms with Crippen molar-refractivity contribution in [3.05, 3.63) is 192 Å². The highest BCUT2D eigenvalue weighted by molar-refractivity contribution is 7.22. The maximum atomic E-state index is 4.95. The molecule has 4 heterocycles. The molecule has 6 nitrogen and oxygen atoms in total. The Labute approximate surface area is 370 Å². The maximum Gasteiger partial charge on any atom is 0.124 e. The Morgan fingerprint density at radius 1 is 0.721 bits per heavy atom. The summed E-state index contributed by atoms with van der Waals surface area (Å²) < 4.78 is 2.39. The van der Waals surface area contributed by atoms with Crippen molar-refractivity contribution in [2.45, 2.75) is 47.6 Å². The number of rotatable bonds is 6. The van der Waals surface area contributed by atoms with Crippen LogP contribution in [0.4, 0.5) is 22.7 Å². The Kier molecular flexibility index (Phi) is 14.4. The van der Waals surface area contributed by atoms with Crippen molar-refractivity contribution in [2.24, 2.45) is 0 Å². The van der Waals surface area contributed by atoms with Gasteiger partial charge in [-0.05, 0) is 107 Å². The molecule has 0 N–H and O–H groups in total. The van der Waals surface area contributed by atoms with Gasteiger partial charge in [-0.15, -0.1) is 42.1 Å². The molecule has 6 aromatic rings. The molecule has 0 atom stereocenters. The maximum absolute atomic E-state index is 4.95. The van der Waals surface area contributed by atoms with Crippen LogP contribution in [-0.4, -0.2) is 24.1 Å². The molecule has 0 bridgehead atoms. The van der Waals surface area contributed by atoms with Crippen molar-refractivity contribution in [2.75, 3.05) is 33.7 Å². The first-order valence-corrected chi connectivity index (χ1v) is 21.9. The second kappa shape index (κ2) is 20.1. The smallest absolute Gasteiger partial charge is 0.124 e. The minimum absolute atomic E-state index is 0.809. The molecule has 9 rings (SSSR count). The van der Waals surface area contributed by atoms with Crippen LogP contribution in [0.25, 0.3) is 31.0 Å². The fourth-order valence-corrected chi connectivity index (χ4v) is 9.44. The van der Waals surface area contributed by atoms with Crippen LogP contribution in [0.3, 0.4) is 0 Å². The number of terminal acetylenes is 1. The van der Waals surface area contributed by atoms with Crippen LogP contribution in [0.2, 0.25) is 0 Å². The lowest BCUT2D eigenvalue weighted by Crippen LogP contribution is -2.33. The van der Waals surface area contributed by atoms with E-state index < -0.39 is 0 Å². The number of anilines is 4. The minimum Gasteiger partial charge on any atom is -0.341 e. The van der Waals surface area contributed by atoms with Crippen molar-refractivity contribution >= 4 is 65.9 Å². The molecule has 308 valence electrons. The Bertz CT molecular complexity index is 2700. The zero-order chi connectivity index (χ0) is 43.6. The normalized spacial score (nSPS) is 14.2. The molecule has 8 heteroatoms. The molecular weight excluding hydrogens is 785 g/mol. The van der Waals surface area contributed by atoms with Gasteiger partial charge in [0, 0.05) is 31.9 Å². The van der Waals surface area contributed by atoms with Gasteiger partial charge in [-0.3, -0.25) is 0 Å². The lowest BCUT2D eigenvalue weighted by molar-refractivity contribution is 0.887. The number of nitrogens with zero attached hydrogens (tertiary/aromatic N) is 6. The summed E-state index contributed by atoms with van der Waals surface area (Å²) in [6, 6.07) is 30.3. The molecule has 3 aliphatic rings. The van der Waals surface area contributed by atoms with Gasteiger partial charge in [0.05, 0.1) is 71.0 Å². The fraction of sp³-hybridized carbons (Fsp3) is 0.170. The molecule has 0 saturated heterocycles. The van der Waals surface area contributed by atoms with E-state index in [-0.39, 0.29) is 0 Å². The first-order chi connectivity index (χ1) is 29.7. The van der Waals surface area contributed by atoms with Gasteiger partial charge >= 0.3 is 0 Å². The average molecular weight is 839 g/mol. The van der Waals surface area contributed by atoms with Crippen LogP contribution in [0, 0.1) is 19.8 Å². The highest BCUT2D eigenvalue weighted by Gasteiger charge is 2.28. The lowest BCUT2D eigenvalue weighted by atomic mass is 10.1. The number of allylic oxidation sites excluding steroid dienone is 10. The summed E-state index contributed by atoms with van der Waals surface area (Å²) in [5.41, 5.74) is 15.2. The molecule has 0 radical (unpaired) electrons. The number of para-hydroxylation sites is 4. The topological polar surface area (TPSA) is 38.7 Å². The van der Waals surface area contributed by atoms with Gasteiger partial charge in [-0.25, -0.2) is 9.97 Å². The van der Waals surface area contributed by atoms with Gasteiger partial charge < -0.3 is 19.6 Å². The molecule has 0 fully saturated rings. The largest absolute Gasteiger partial charge is 0.341 e. The van der Waals surface area contributed by atoms with E-state index in [1.54, 1.807) is 28.7 Å². The molecule has 2 aromatic heterocycles. The number of likely N-dealkylation sites (N-methyl/N-ethyl adjacent to an activating group) is 2. The van der Waals surface area contributed by atoms with Crippen LogP contribution >= 0.6 is 22.7 Å². The first kappa shape index (κ1) is 43.9. The van der Waals surface area contributed by atoms with E-state index in [1.807, 2.05) is 27.7 Å². The van der Waals surface area contributed by atoms with Crippen molar-refractivity contribution in [3.8, 4) is 23.4 Å². The van der Waals surface area contributed by atoms with E-state index >= 15 is 0 Å². The zero-order valence-electron chi connectivity index (χ0n) is 36.3. The summed E-state index contributed by atoms with van der Waals surface area (Å²) in [6.07, 6.45) is 28.1. The van der Waals surface area contributed by atoms with E-state index in [0.29, 0.717) is 0 Å². The van der Waals surface area contributed by atoms with Gasteiger partial charge in [0.2, 0.25) is 0 Å². The third kappa shape index (κ3) is 9.24. The molecule has 1 aliphatic carbocycles. The van der Waals surface area contributed by atoms with Crippen LogP contribution in [-0.2, 0) is 6.54 Å². The number of hydrogen-bond acceptors (Lipinski definition) is 8. The van der Waals surface area contributed by atoms with E-state index in [1.165, 1.54) is 54.8 Å². The highest BCUT2D eigenvalue weighted by Crippen LogP contribution is 2.43. The molecule has 0 amide bonds. The van der Waals surface area contributed by atoms with Crippen molar-refractivity contribution < 1.29 is 0 Å². The summed E-state index contributed by atoms with van der Waals surface area (Å²) in [4.78, 5) is 18.8. The lowest BCUT2D eigenvalue weighted by Gasteiger charge is -2.39. The second-order valence-electron chi connectivity index (χ2n) is 14.5. The number of aryl methyl sites for hydroxylation is 1. The average Bonchev–Trinajstić information content (AvgIpc) is 3.75. The number of hydrogen-bond donors (Lipinski definition) is 0. The second-order valence-corrected chi connectivity index (χ2v) is 16.7. The van der Waals surface area contributed by atoms with Crippen molar-refractivity contribution in [1.29, 1.82) is 0 Å². The number of thiazole rings is 2. The Morgan fingerprint density at radius 3 is 1.89 bits per heavy atom. The summed E-state index contributed by atoms with van der Waals surface area (Å²) in [5, 5.41) is 2.15. The monoisotopic (exact) mass is 838 g/mol. The molecule has 4 aromatic carbocycles. The number of benzene rings is 4. The fourth-order valence-electron chi connectivity index (χ4n) is 7.62. The van der Waals surface area contributed by atoms with E-state index in [4.69, 9.17) is 4.98 Å². The van der Waals surface area contributed by atoms with E-state index in [2.05, 4.69) is 205 Å². The summed E-state index contributed by atoms with van der Waals surface area (Å²) in [7, 11) is 4.26. The Hall–Kier alpha value is -6.66. The summed E-state index contributed by atoms with van der Waals surface area (Å²) >= 11 is 3.47. The van der Waals surface area contributed by atoms with Crippen LogP contribution in [0.1, 0.15) is 44.7 Å². The molecule has 61 heavy (non-hydrogen) atoms. The predicted octanol–water partition coefficient (Wildman–Crippen LogP) is 14.3. The summed E-state index contributed by atoms with van der Waals surface area (Å²) in [6.45, 7) is 18.4. The van der Waals surface area contributed by atoms with Crippen LogP contribution in [0.15, 0.2) is 181 Å². The predicted molar refractivity (Wildman–Crippen MR) is 268 cm³/mol. The van der Waals surface area contributed by atoms with Crippen molar-refractivity contribution in [1.82, 2.24) is 9.97 Å². The minimum atomic E-state index is 0.809. The van der Waals surface area contributed by atoms with Crippen molar-refractivity contribution in [3.63, 3.8) is 0 Å². The number of fused-ring (bicyclic) bond motifs is 4. The van der Waals surface area contributed by atoms with Gasteiger partial charge in [0.25, 0.3) is 0 Å². The standard InChI is InChI=1S/C30H24N4S2.C18H22N2.C3H6.C2H2/c1-19-31-22-16-29-23(17-28(22)35-19)32-30(36-29)21-14-12-20(13-15-21)18-34-26-10-5-3-4-8-24(26)33(2)25-9-6-7-11-27(25)34;1-6-10-15-17(11-7-2)20(14(3)4)18-13-9-8-12-16(18)19(15)5;1-3-2;1-2/h4-17H,3,18H2,1-2H3;6-13H,3H2,1-2,4-5H3;3H,1H2,2H3;1-2H/b;10-6-,11-7-;;. The summed E-state index contributed by atoms with van der Waals surface area (Å²) in [5.74, 6) is 0. The highest BCUT2D eigenvalue weighted by atomic mass is 32.1. The molecule has 0 spiro atoms. The first-order valence-electron chi connectivity index (χ1n) is 20.3. The van der Waals surface area contributed by atoms with E-state index in [0.717, 1.165) is 51.0 Å². The third-order valence-electron chi connectivity index (χ3n) is 10.2. The van der Waals surface area contributed by atoms with Gasteiger partial charge in [0.15, 0.2) is 0 Å². The van der Waals surface area contributed by atoms with Crippen LogP contribution in [0.5, 0.6) is 0 Å². The molecule has 2 aliphatic heterocycles. The number of aromatic nitrogens is 2. The van der Waals surface area contributed by atoms with Gasteiger partial charge in [-0.1, -0.05) is 85.5 Å². The quantitative estimate of drug-likeness (QED) is 0.123. The Balaban J connectivity index is 0.000000212. The zero-order valence-corrected chi connectivity index (χ0v) is 37.9. The SMILES string of the molecule is C#C.C=C(C)N1C(/C=C\C)=C(/C=C\C)N(C)c2ccccc21.C=CC.Cc1nc2cc3sc(-c4ccc(CN5C6=C(C=CCC=C6)N(C)c6ccccc65)cc4)nc3cc2s1.